The number of anilines is 2. The summed E-state index contributed by atoms with van der Waals surface area (Å²) in [6.07, 6.45) is 0. The molecule has 0 amide bonds. The highest BCUT2D eigenvalue weighted by atomic mass is 16.6. The molecule has 3 aromatic carbocycles. The molecule has 6 nitrogen and oxygen atoms in total. The number of carbonyl (C=O) groups is 1. The van der Waals surface area contributed by atoms with Crippen molar-refractivity contribution in [2.45, 2.75) is 6.92 Å². The number of ether oxygens (including phenoxy) is 1. The number of methoxy groups -OCH3 is 1. The Morgan fingerprint density at radius 1 is 1.00 bits per heavy atom. The number of ketones is 1. The molecular formula is C21H18N2O4. The number of nitrogens with zero attached hydrogens (tertiary/aromatic N) is 1. The molecular weight excluding hydrogens is 344 g/mol. The Morgan fingerprint density at radius 3 is 2.33 bits per heavy atom. The smallest absolute Gasteiger partial charge is 0.292 e. The number of hydrogen-bond acceptors (Lipinski definition) is 5. The molecule has 0 fully saturated rings. The van der Waals surface area contributed by atoms with E-state index in [1.165, 1.54) is 6.07 Å². The lowest BCUT2D eigenvalue weighted by Crippen LogP contribution is -2.03. The Hall–Kier alpha value is -3.67. The number of hydrogen-bond donors (Lipinski definition) is 1. The van der Waals surface area contributed by atoms with E-state index in [9.17, 15) is 14.9 Å². The van der Waals surface area contributed by atoms with Gasteiger partial charge in [0.05, 0.1) is 12.0 Å². The molecule has 3 rings (SSSR count). The molecule has 0 aliphatic carbocycles. The van der Waals surface area contributed by atoms with Crippen LogP contribution in [0.1, 0.15) is 21.5 Å². The van der Waals surface area contributed by atoms with E-state index in [2.05, 4.69) is 5.32 Å². The first-order valence-electron chi connectivity index (χ1n) is 8.29. The lowest BCUT2D eigenvalue weighted by atomic mass is 10.0. The monoisotopic (exact) mass is 362 g/mol. The molecule has 0 radical (unpaired) electrons. The summed E-state index contributed by atoms with van der Waals surface area (Å²) in [4.78, 5) is 23.3. The molecule has 27 heavy (non-hydrogen) atoms. The van der Waals surface area contributed by atoms with Gasteiger partial charge in [0, 0.05) is 22.9 Å². The van der Waals surface area contributed by atoms with Crippen LogP contribution in [0, 0.1) is 17.0 Å². The van der Waals surface area contributed by atoms with Gasteiger partial charge >= 0.3 is 0 Å². The van der Waals surface area contributed by atoms with Crippen molar-refractivity contribution in [3.63, 3.8) is 0 Å². The largest absolute Gasteiger partial charge is 0.496 e. The average Bonchev–Trinajstić information content (AvgIpc) is 2.68. The lowest BCUT2D eigenvalue weighted by Gasteiger charge is -2.09. The summed E-state index contributed by atoms with van der Waals surface area (Å²) >= 11 is 0. The number of aryl methyl sites for hydroxylation is 1. The zero-order valence-electron chi connectivity index (χ0n) is 14.9. The molecule has 0 aromatic heterocycles. The minimum Gasteiger partial charge on any atom is -0.496 e. The Balaban J connectivity index is 1.81. The normalized spacial score (nSPS) is 10.3. The quantitative estimate of drug-likeness (QED) is 0.384. The highest BCUT2D eigenvalue weighted by Crippen LogP contribution is 2.27. The van der Waals surface area contributed by atoms with Gasteiger partial charge in [0.2, 0.25) is 0 Å². The predicted octanol–water partition coefficient (Wildman–Crippen LogP) is 4.89. The lowest BCUT2D eigenvalue weighted by molar-refractivity contribution is -0.383. The van der Waals surface area contributed by atoms with Crippen LogP contribution in [-0.2, 0) is 0 Å². The van der Waals surface area contributed by atoms with Crippen molar-refractivity contribution >= 4 is 22.8 Å². The molecule has 0 heterocycles. The van der Waals surface area contributed by atoms with Gasteiger partial charge in [-0.15, -0.1) is 0 Å². The molecule has 1 N–H and O–H groups in total. The van der Waals surface area contributed by atoms with Crippen LogP contribution in [0.2, 0.25) is 0 Å². The second kappa shape index (κ2) is 7.70. The van der Waals surface area contributed by atoms with Crippen LogP contribution in [0.15, 0.2) is 66.7 Å². The fourth-order valence-electron chi connectivity index (χ4n) is 2.73. The number of nitrogens with one attached hydrogen (secondary N) is 1. The van der Waals surface area contributed by atoms with E-state index in [1.54, 1.807) is 61.7 Å². The average molecular weight is 362 g/mol. The summed E-state index contributed by atoms with van der Waals surface area (Å²) in [6, 6.07) is 18.5. The van der Waals surface area contributed by atoms with Gasteiger partial charge in [-0.05, 0) is 48.9 Å². The fourth-order valence-corrected chi connectivity index (χ4v) is 2.73. The topological polar surface area (TPSA) is 81.5 Å². The molecule has 136 valence electrons. The molecule has 0 atom stereocenters. The zero-order chi connectivity index (χ0) is 19.4. The van der Waals surface area contributed by atoms with Crippen LogP contribution in [0.4, 0.5) is 17.1 Å². The van der Waals surface area contributed by atoms with Crippen molar-refractivity contribution in [1.82, 2.24) is 0 Å². The van der Waals surface area contributed by atoms with E-state index in [4.69, 9.17) is 4.74 Å². The summed E-state index contributed by atoms with van der Waals surface area (Å²) in [6.45, 7) is 1.91. The van der Waals surface area contributed by atoms with Gasteiger partial charge in [-0.2, -0.15) is 0 Å². The van der Waals surface area contributed by atoms with Gasteiger partial charge in [-0.25, -0.2) is 0 Å². The summed E-state index contributed by atoms with van der Waals surface area (Å²) in [5.41, 5.74) is 3.06. The van der Waals surface area contributed by atoms with E-state index in [-0.39, 0.29) is 11.5 Å². The van der Waals surface area contributed by atoms with Crippen molar-refractivity contribution in [2.75, 3.05) is 12.4 Å². The molecule has 0 unspecified atom stereocenters. The third-order valence-corrected chi connectivity index (χ3v) is 4.20. The van der Waals surface area contributed by atoms with Crippen LogP contribution in [0.25, 0.3) is 0 Å². The van der Waals surface area contributed by atoms with Crippen molar-refractivity contribution < 1.29 is 14.5 Å². The summed E-state index contributed by atoms with van der Waals surface area (Å²) in [7, 11) is 1.57. The van der Waals surface area contributed by atoms with Crippen molar-refractivity contribution in [1.29, 1.82) is 0 Å². The standard InChI is InChI=1S/C21H18N2O4/c1-14-7-8-16(13-20(14)27-2)21(24)15-9-11-17(12-10-15)22-18-5-3-4-6-19(18)23(25)26/h3-13,22H,1-2H3. The Bertz CT molecular complexity index is 997. The van der Waals surface area contributed by atoms with Crippen LogP contribution >= 0.6 is 0 Å². The number of nitro benzene ring substituents is 1. The van der Waals surface area contributed by atoms with Crippen molar-refractivity contribution in [3.05, 3.63) is 93.5 Å². The Kier molecular flexibility index (Phi) is 5.17. The Morgan fingerprint density at radius 2 is 1.67 bits per heavy atom. The van der Waals surface area contributed by atoms with E-state index >= 15 is 0 Å². The number of carbonyl (C=O) groups excluding carboxylic acids is 1. The van der Waals surface area contributed by atoms with Crippen molar-refractivity contribution in [2.24, 2.45) is 0 Å². The molecule has 6 heteroatoms. The third kappa shape index (κ3) is 3.95. The molecule has 3 aromatic rings. The van der Waals surface area contributed by atoms with Gasteiger partial charge in [-0.3, -0.25) is 14.9 Å². The molecule has 0 saturated heterocycles. The maximum absolute atomic E-state index is 12.7. The highest BCUT2D eigenvalue weighted by molar-refractivity contribution is 6.09. The number of nitro groups is 1. The van der Waals surface area contributed by atoms with Gasteiger partial charge in [0.15, 0.2) is 5.78 Å². The number of para-hydroxylation sites is 2. The summed E-state index contributed by atoms with van der Waals surface area (Å²) in [5, 5.41) is 14.1. The first kappa shape index (κ1) is 18.1. The molecule has 0 bridgehead atoms. The van der Waals surface area contributed by atoms with Gasteiger partial charge < -0.3 is 10.1 Å². The summed E-state index contributed by atoms with van der Waals surface area (Å²) < 4.78 is 5.27. The van der Waals surface area contributed by atoms with E-state index in [0.717, 1.165) is 5.56 Å². The predicted molar refractivity (Wildman–Crippen MR) is 104 cm³/mol. The van der Waals surface area contributed by atoms with Crippen LogP contribution in [0.3, 0.4) is 0 Å². The van der Waals surface area contributed by atoms with Crippen LogP contribution in [0.5, 0.6) is 5.75 Å². The molecule has 0 spiro atoms. The second-order valence-corrected chi connectivity index (χ2v) is 5.99. The number of rotatable bonds is 6. The Labute approximate surface area is 156 Å². The van der Waals surface area contributed by atoms with Gasteiger partial charge in [-0.1, -0.05) is 24.3 Å². The first-order valence-corrected chi connectivity index (χ1v) is 8.29. The van der Waals surface area contributed by atoms with Gasteiger partial charge in [0.1, 0.15) is 11.4 Å². The summed E-state index contributed by atoms with van der Waals surface area (Å²) in [5.74, 6) is 0.543. The van der Waals surface area contributed by atoms with Crippen molar-refractivity contribution in [3.8, 4) is 5.75 Å². The first-order chi connectivity index (χ1) is 13.0. The zero-order valence-corrected chi connectivity index (χ0v) is 14.9. The van der Waals surface area contributed by atoms with Crippen LogP contribution < -0.4 is 10.1 Å². The molecule has 0 aliphatic rings. The third-order valence-electron chi connectivity index (χ3n) is 4.20. The van der Waals surface area contributed by atoms with E-state index in [0.29, 0.717) is 28.3 Å². The maximum atomic E-state index is 12.7. The minimum absolute atomic E-state index is 0.00981. The van der Waals surface area contributed by atoms with Gasteiger partial charge in [0.25, 0.3) is 5.69 Å². The molecule has 0 aliphatic heterocycles. The maximum Gasteiger partial charge on any atom is 0.292 e. The number of benzene rings is 3. The SMILES string of the molecule is COc1cc(C(=O)c2ccc(Nc3ccccc3[N+](=O)[O-])cc2)ccc1C. The second-order valence-electron chi connectivity index (χ2n) is 5.99. The molecule has 0 saturated carbocycles. The van der Waals surface area contributed by atoms with E-state index < -0.39 is 4.92 Å². The highest BCUT2D eigenvalue weighted by Gasteiger charge is 2.14. The van der Waals surface area contributed by atoms with E-state index in [1.807, 2.05) is 13.0 Å². The van der Waals surface area contributed by atoms with Crippen LogP contribution in [-0.4, -0.2) is 17.8 Å². The fraction of sp³-hybridized carbons (Fsp3) is 0.0952. The minimum atomic E-state index is -0.439.